The van der Waals surface area contributed by atoms with Gasteiger partial charge in [0.2, 0.25) is 5.16 Å². The maximum absolute atomic E-state index is 13.4. The highest BCUT2D eigenvalue weighted by molar-refractivity contribution is 7.98. The predicted molar refractivity (Wildman–Crippen MR) is 86.4 cm³/mol. The number of nitrogens with zero attached hydrogens (tertiary/aromatic N) is 4. The van der Waals surface area contributed by atoms with E-state index in [0.29, 0.717) is 16.7 Å². The monoisotopic (exact) mass is 330 g/mol. The van der Waals surface area contributed by atoms with Gasteiger partial charge >= 0.3 is 0 Å². The zero-order valence-electron chi connectivity index (χ0n) is 12.7. The highest BCUT2D eigenvalue weighted by Crippen LogP contribution is 2.28. The van der Waals surface area contributed by atoms with Gasteiger partial charge in [-0.05, 0) is 47.2 Å². The van der Waals surface area contributed by atoms with Crippen molar-refractivity contribution in [3.8, 4) is 11.4 Å². The van der Waals surface area contributed by atoms with Crippen molar-refractivity contribution < 1.29 is 9.13 Å². The van der Waals surface area contributed by atoms with E-state index in [2.05, 4.69) is 15.5 Å². The Labute approximate surface area is 137 Å². The molecule has 0 saturated carbocycles. The van der Waals surface area contributed by atoms with Crippen LogP contribution in [0.4, 0.5) is 4.39 Å². The van der Waals surface area contributed by atoms with Gasteiger partial charge in [-0.15, -0.1) is 5.10 Å². The van der Waals surface area contributed by atoms with Crippen molar-refractivity contribution in [2.75, 3.05) is 7.11 Å². The Kier molecular flexibility index (Phi) is 4.57. The van der Waals surface area contributed by atoms with Crippen LogP contribution < -0.4 is 4.74 Å². The van der Waals surface area contributed by atoms with Crippen molar-refractivity contribution in [1.29, 1.82) is 0 Å². The lowest BCUT2D eigenvalue weighted by molar-refractivity contribution is 0.410. The molecule has 0 aliphatic rings. The van der Waals surface area contributed by atoms with Crippen LogP contribution in [0.2, 0.25) is 0 Å². The maximum atomic E-state index is 13.4. The average Bonchev–Trinajstić information content (AvgIpc) is 3.02. The molecule has 0 bridgehead atoms. The quantitative estimate of drug-likeness (QED) is 0.671. The Bertz CT molecular complexity index is 821. The molecule has 0 amide bonds. The molecule has 0 aliphatic heterocycles. The normalized spacial score (nSPS) is 10.7. The number of hydrogen-bond donors (Lipinski definition) is 0. The van der Waals surface area contributed by atoms with Crippen molar-refractivity contribution in [3.05, 3.63) is 59.4 Å². The van der Waals surface area contributed by atoms with Gasteiger partial charge in [0.25, 0.3) is 0 Å². The molecule has 0 atom stereocenters. The van der Waals surface area contributed by atoms with E-state index in [1.807, 2.05) is 31.2 Å². The van der Waals surface area contributed by atoms with Crippen molar-refractivity contribution >= 4 is 11.8 Å². The topological polar surface area (TPSA) is 52.8 Å². The van der Waals surface area contributed by atoms with Crippen LogP contribution in [0, 0.1) is 12.7 Å². The van der Waals surface area contributed by atoms with Gasteiger partial charge in [-0.3, -0.25) is 0 Å². The van der Waals surface area contributed by atoms with Crippen LogP contribution in [0.1, 0.15) is 11.1 Å². The zero-order chi connectivity index (χ0) is 16.2. The lowest BCUT2D eigenvalue weighted by atomic mass is 10.2. The summed E-state index contributed by atoms with van der Waals surface area (Å²) in [5.74, 6) is 0.862. The fraction of sp³-hybridized carbons (Fsp3) is 0.188. The summed E-state index contributed by atoms with van der Waals surface area (Å²) in [5.41, 5.74) is 2.76. The molecule has 5 nitrogen and oxygen atoms in total. The molecule has 0 radical (unpaired) electrons. The first kappa shape index (κ1) is 15.5. The number of rotatable bonds is 5. The molecule has 118 valence electrons. The molecule has 1 aromatic heterocycles. The summed E-state index contributed by atoms with van der Waals surface area (Å²) in [5, 5.41) is 12.5. The Hall–Kier alpha value is -2.41. The maximum Gasteiger partial charge on any atom is 0.214 e. The fourth-order valence-corrected chi connectivity index (χ4v) is 3.09. The van der Waals surface area contributed by atoms with E-state index in [0.717, 1.165) is 16.8 Å². The largest absolute Gasteiger partial charge is 0.496 e. The van der Waals surface area contributed by atoms with E-state index in [4.69, 9.17) is 4.74 Å². The molecule has 23 heavy (non-hydrogen) atoms. The molecule has 0 aliphatic carbocycles. The fourth-order valence-electron chi connectivity index (χ4n) is 2.22. The Balaban J connectivity index is 1.85. The van der Waals surface area contributed by atoms with E-state index in [9.17, 15) is 4.39 Å². The van der Waals surface area contributed by atoms with Crippen LogP contribution in [0.25, 0.3) is 5.69 Å². The van der Waals surface area contributed by atoms with Crippen molar-refractivity contribution in [3.63, 3.8) is 0 Å². The molecule has 7 heteroatoms. The standard InChI is InChI=1S/C16H15FN4OS/c1-11-5-3-4-6-14(11)21-16(18-19-20-21)23-10-12-9-13(17)7-8-15(12)22-2/h3-9H,10H2,1-2H3. The van der Waals surface area contributed by atoms with E-state index < -0.39 is 0 Å². The summed E-state index contributed by atoms with van der Waals surface area (Å²) in [6.45, 7) is 2.00. The minimum atomic E-state index is -0.292. The number of aryl methyl sites for hydroxylation is 1. The van der Waals surface area contributed by atoms with Crippen molar-refractivity contribution in [2.24, 2.45) is 0 Å². The lowest BCUT2D eigenvalue weighted by Gasteiger charge is -2.09. The van der Waals surface area contributed by atoms with E-state index >= 15 is 0 Å². The summed E-state index contributed by atoms with van der Waals surface area (Å²) in [6, 6.07) is 12.3. The highest BCUT2D eigenvalue weighted by Gasteiger charge is 2.13. The molecular weight excluding hydrogens is 315 g/mol. The van der Waals surface area contributed by atoms with Gasteiger partial charge in [-0.25, -0.2) is 4.39 Å². The summed E-state index contributed by atoms with van der Waals surface area (Å²) < 4.78 is 20.4. The summed E-state index contributed by atoms with van der Waals surface area (Å²) in [6.07, 6.45) is 0. The third kappa shape index (κ3) is 3.34. The number of thioether (sulfide) groups is 1. The molecule has 3 aromatic rings. The Morgan fingerprint density at radius 1 is 1.22 bits per heavy atom. The Morgan fingerprint density at radius 3 is 2.83 bits per heavy atom. The number of tetrazole rings is 1. The van der Waals surface area contributed by atoms with Crippen LogP contribution in [0.15, 0.2) is 47.6 Å². The third-order valence-electron chi connectivity index (χ3n) is 3.38. The first-order valence-electron chi connectivity index (χ1n) is 6.98. The summed E-state index contributed by atoms with van der Waals surface area (Å²) >= 11 is 1.43. The molecule has 3 rings (SSSR count). The Morgan fingerprint density at radius 2 is 2.04 bits per heavy atom. The van der Waals surface area contributed by atoms with Gasteiger partial charge in [-0.2, -0.15) is 4.68 Å². The lowest BCUT2D eigenvalue weighted by Crippen LogP contribution is -2.01. The number of para-hydroxylation sites is 1. The molecule has 0 spiro atoms. The molecule has 0 saturated heterocycles. The minimum absolute atomic E-state index is 0.292. The molecule has 0 fully saturated rings. The SMILES string of the molecule is COc1ccc(F)cc1CSc1nnnn1-c1ccccc1C. The van der Waals surface area contributed by atoms with Gasteiger partial charge in [0.05, 0.1) is 12.8 Å². The summed E-state index contributed by atoms with van der Waals surface area (Å²) in [4.78, 5) is 0. The van der Waals surface area contributed by atoms with Crippen molar-refractivity contribution in [2.45, 2.75) is 17.8 Å². The van der Waals surface area contributed by atoms with Gasteiger partial charge in [0, 0.05) is 11.3 Å². The molecule has 2 aromatic carbocycles. The molecule has 0 unspecified atom stereocenters. The predicted octanol–water partition coefficient (Wildman–Crippen LogP) is 3.41. The average molecular weight is 330 g/mol. The van der Waals surface area contributed by atoms with Crippen LogP contribution in [0.3, 0.4) is 0 Å². The second-order valence-corrected chi connectivity index (χ2v) is 5.85. The highest BCUT2D eigenvalue weighted by atomic mass is 32.2. The van der Waals surface area contributed by atoms with Crippen LogP contribution >= 0.6 is 11.8 Å². The zero-order valence-corrected chi connectivity index (χ0v) is 13.5. The number of aromatic nitrogens is 4. The number of hydrogen-bond acceptors (Lipinski definition) is 5. The molecule has 1 heterocycles. The number of benzene rings is 2. The second-order valence-electron chi connectivity index (χ2n) is 4.90. The van der Waals surface area contributed by atoms with Crippen molar-refractivity contribution in [1.82, 2.24) is 20.2 Å². The van der Waals surface area contributed by atoms with E-state index in [-0.39, 0.29) is 5.82 Å². The van der Waals surface area contributed by atoms with Crippen LogP contribution in [-0.4, -0.2) is 27.3 Å². The third-order valence-corrected chi connectivity index (χ3v) is 4.35. The number of halogens is 1. The minimum Gasteiger partial charge on any atom is -0.496 e. The second kappa shape index (κ2) is 6.78. The molecule has 0 N–H and O–H groups in total. The first-order chi connectivity index (χ1) is 11.2. The number of ether oxygens (including phenoxy) is 1. The van der Waals surface area contributed by atoms with Crippen LogP contribution in [0.5, 0.6) is 5.75 Å². The first-order valence-corrected chi connectivity index (χ1v) is 7.97. The smallest absolute Gasteiger partial charge is 0.214 e. The van der Waals surface area contributed by atoms with Gasteiger partial charge in [-0.1, -0.05) is 30.0 Å². The van der Waals surface area contributed by atoms with E-state index in [1.54, 1.807) is 17.9 Å². The number of methoxy groups -OCH3 is 1. The van der Waals surface area contributed by atoms with Crippen LogP contribution in [-0.2, 0) is 5.75 Å². The van der Waals surface area contributed by atoms with E-state index in [1.165, 1.54) is 23.9 Å². The van der Waals surface area contributed by atoms with Gasteiger partial charge < -0.3 is 4.74 Å². The van der Waals surface area contributed by atoms with Gasteiger partial charge in [0.1, 0.15) is 11.6 Å². The summed E-state index contributed by atoms with van der Waals surface area (Å²) in [7, 11) is 1.57. The molecular formula is C16H15FN4OS. The van der Waals surface area contributed by atoms with Gasteiger partial charge in [0.15, 0.2) is 0 Å².